The highest BCUT2D eigenvalue weighted by Crippen LogP contribution is 2.20. The predicted octanol–water partition coefficient (Wildman–Crippen LogP) is 1.96. The number of nitrogens with one attached hydrogen (secondary N) is 1. The number of nitrogens with two attached hydrogens (primary N) is 1. The minimum Gasteiger partial charge on any atom is -0.275 e. The third kappa shape index (κ3) is 2.87. The summed E-state index contributed by atoms with van der Waals surface area (Å²) in [5, 5.41) is 4.39. The second-order valence-electron chi connectivity index (χ2n) is 4.09. The van der Waals surface area contributed by atoms with Gasteiger partial charge in [0.1, 0.15) is 5.82 Å². The van der Waals surface area contributed by atoms with Crippen molar-refractivity contribution in [2.75, 3.05) is 0 Å². The zero-order valence-corrected chi connectivity index (χ0v) is 10.7. The fourth-order valence-electron chi connectivity index (χ4n) is 1.77. The molecule has 0 aliphatic carbocycles. The second kappa shape index (κ2) is 5.48. The summed E-state index contributed by atoms with van der Waals surface area (Å²) in [5.41, 5.74) is 4.31. The fraction of sp³-hybridized carbons (Fsp3) is 0.250. The average molecular weight is 269 g/mol. The lowest BCUT2D eigenvalue weighted by molar-refractivity contribution is 0.527. The van der Waals surface area contributed by atoms with E-state index in [1.165, 1.54) is 12.1 Å². The molecule has 96 valence electrons. The molecule has 2 aromatic rings. The predicted molar refractivity (Wildman–Crippen MR) is 68.4 cm³/mol. The van der Waals surface area contributed by atoms with Gasteiger partial charge in [0.05, 0.1) is 16.8 Å². The van der Waals surface area contributed by atoms with E-state index in [4.69, 9.17) is 17.4 Å². The van der Waals surface area contributed by atoms with Crippen LogP contribution in [0.1, 0.15) is 17.3 Å². The van der Waals surface area contributed by atoms with Crippen LogP contribution >= 0.6 is 11.6 Å². The van der Waals surface area contributed by atoms with E-state index in [9.17, 15) is 4.39 Å². The number of halogens is 2. The van der Waals surface area contributed by atoms with Crippen LogP contribution in [0.25, 0.3) is 0 Å². The number of hydrazine groups is 1. The van der Waals surface area contributed by atoms with Gasteiger partial charge >= 0.3 is 0 Å². The van der Waals surface area contributed by atoms with E-state index in [2.05, 4.69) is 10.5 Å². The Kier molecular flexibility index (Phi) is 3.96. The summed E-state index contributed by atoms with van der Waals surface area (Å²) in [6, 6.07) is 6.44. The molecular weight excluding hydrogens is 255 g/mol. The van der Waals surface area contributed by atoms with Crippen LogP contribution in [0.2, 0.25) is 5.02 Å². The maximum absolute atomic E-state index is 13.3. The van der Waals surface area contributed by atoms with E-state index >= 15 is 0 Å². The lowest BCUT2D eigenvalue weighted by atomic mass is 10.0. The molecule has 0 bridgehead atoms. The number of aromatic nitrogens is 2. The van der Waals surface area contributed by atoms with Gasteiger partial charge in [-0.1, -0.05) is 17.7 Å². The highest BCUT2D eigenvalue weighted by molar-refractivity contribution is 6.30. The molecule has 0 radical (unpaired) electrons. The second-order valence-corrected chi connectivity index (χ2v) is 4.49. The summed E-state index contributed by atoms with van der Waals surface area (Å²) in [6.07, 6.45) is 2.38. The van der Waals surface area contributed by atoms with Crippen molar-refractivity contribution in [3.63, 3.8) is 0 Å². The van der Waals surface area contributed by atoms with Crippen molar-refractivity contribution in [3.05, 3.63) is 52.6 Å². The van der Waals surface area contributed by atoms with Crippen molar-refractivity contribution in [2.45, 2.75) is 12.5 Å². The van der Waals surface area contributed by atoms with Crippen LogP contribution in [-0.2, 0) is 13.5 Å². The van der Waals surface area contributed by atoms with Crippen LogP contribution in [-0.4, -0.2) is 9.78 Å². The third-order valence-electron chi connectivity index (χ3n) is 2.72. The molecule has 0 saturated heterocycles. The van der Waals surface area contributed by atoms with Crippen LogP contribution in [0.3, 0.4) is 0 Å². The maximum atomic E-state index is 13.3. The first-order chi connectivity index (χ1) is 8.60. The zero-order valence-electron chi connectivity index (χ0n) is 9.90. The Morgan fingerprint density at radius 2 is 2.28 bits per heavy atom. The molecule has 1 heterocycles. The van der Waals surface area contributed by atoms with Crippen molar-refractivity contribution in [3.8, 4) is 0 Å². The van der Waals surface area contributed by atoms with Gasteiger partial charge in [0.2, 0.25) is 0 Å². The Bertz CT molecular complexity index is 541. The van der Waals surface area contributed by atoms with E-state index in [0.717, 1.165) is 11.3 Å². The van der Waals surface area contributed by atoms with Crippen molar-refractivity contribution in [1.29, 1.82) is 0 Å². The number of hydrogen-bond acceptors (Lipinski definition) is 3. The molecule has 0 saturated carbocycles. The average Bonchev–Trinajstić information content (AvgIpc) is 2.77. The van der Waals surface area contributed by atoms with E-state index in [1.807, 2.05) is 19.3 Å². The van der Waals surface area contributed by atoms with Gasteiger partial charge in [0, 0.05) is 13.2 Å². The van der Waals surface area contributed by atoms with Gasteiger partial charge in [-0.2, -0.15) is 5.10 Å². The molecule has 1 atom stereocenters. The summed E-state index contributed by atoms with van der Waals surface area (Å²) in [5.74, 6) is 5.09. The standard InChI is InChI=1S/C12H14ClFN4/c1-18-5-4-11(17-18)12(16-15)7-8-2-3-9(13)10(14)6-8/h2-6,12,16H,7,15H2,1H3. The highest BCUT2D eigenvalue weighted by atomic mass is 35.5. The smallest absolute Gasteiger partial charge is 0.142 e. The molecule has 18 heavy (non-hydrogen) atoms. The summed E-state index contributed by atoms with van der Waals surface area (Å²) in [4.78, 5) is 0. The zero-order chi connectivity index (χ0) is 13.1. The first-order valence-corrected chi connectivity index (χ1v) is 5.87. The molecular formula is C12H14ClFN4. The van der Waals surface area contributed by atoms with Crippen molar-refractivity contribution < 1.29 is 4.39 Å². The van der Waals surface area contributed by atoms with Crippen molar-refractivity contribution in [2.24, 2.45) is 12.9 Å². The Morgan fingerprint density at radius 3 is 2.83 bits per heavy atom. The van der Waals surface area contributed by atoms with Crippen LogP contribution in [0.15, 0.2) is 30.5 Å². The molecule has 1 aromatic carbocycles. The van der Waals surface area contributed by atoms with E-state index in [1.54, 1.807) is 10.7 Å². The molecule has 0 aliphatic rings. The molecule has 0 fully saturated rings. The minimum absolute atomic E-state index is 0.119. The Labute approximate surface area is 110 Å². The quantitative estimate of drug-likeness (QED) is 0.658. The van der Waals surface area contributed by atoms with E-state index < -0.39 is 5.82 Å². The summed E-state index contributed by atoms with van der Waals surface area (Å²) >= 11 is 5.64. The molecule has 0 spiro atoms. The molecule has 1 aromatic heterocycles. The lowest BCUT2D eigenvalue weighted by Gasteiger charge is -2.13. The molecule has 2 rings (SSSR count). The van der Waals surface area contributed by atoms with Crippen LogP contribution in [0.4, 0.5) is 4.39 Å². The van der Waals surface area contributed by atoms with Gasteiger partial charge in [-0.05, 0) is 30.2 Å². The van der Waals surface area contributed by atoms with Crippen LogP contribution in [0, 0.1) is 5.82 Å². The number of hydrogen-bond donors (Lipinski definition) is 2. The first kappa shape index (κ1) is 13.0. The third-order valence-corrected chi connectivity index (χ3v) is 3.02. The largest absolute Gasteiger partial charge is 0.275 e. The molecule has 4 nitrogen and oxygen atoms in total. The Hall–Kier alpha value is -1.43. The van der Waals surface area contributed by atoms with Gasteiger partial charge in [0.25, 0.3) is 0 Å². The van der Waals surface area contributed by atoms with E-state index in [0.29, 0.717) is 6.42 Å². The summed E-state index contributed by atoms with van der Waals surface area (Å²) in [6.45, 7) is 0. The van der Waals surface area contributed by atoms with Gasteiger partial charge in [-0.25, -0.2) is 4.39 Å². The minimum atomic E-state index is -0.425. The SMILES string of the molecule is Cn1ccc(C(Cc2ccc(Cl)c(F)c2)NN)n1. The van der Waals surface area contributed by atoms with Crippen LogP contribution < -0.4 is 11.3 Å². The maximum Gasteiger partial charge on any atom is 0.142 e. The van der Waals surface area contributed by atoms with Gasteiger partial charge < -0.3 is 0 Å². The molecule has 0 amide bonds. The molecule has 3 N–H and O–H groups in total. The Balaban J connectivity index is 2.17. The number of benzene rings is 1. The normalized spacial score (nSPS) is 12.7. The lowest BCUT2D eigenvalue weighted by Crippen LogP contribution is -2.30. The molecule has 6 heteroatoms. The van der Waals surface area contributed by atoms with Crippen molar-refractivity contribution in [1.82, 2.24) is 15.2 Å². The highest BCUT2D eigenvalue weighted by Gasteiger charge is 2.14. The monoisotopic (exact) mass is 268 g/mol. The molecule has 1 unspecified atom stereocenters. The van der Waals surface area contributed by atoms with E-state index in [-0.39, 0.29) is 11.1 Å². The number of rotatable bonds is 4. The number of nitrogens with zero attached hydrogens (tertiary/aromatic N) is 2. The Morgan fingerprint density at radius 1 is 1.50 bits per heavy atom. The fourth-order valence-corrected chi connectivity index (χ4v) is 1.89. The van der Waals surface area contributed by atoms with Gasteiger partial charge in [0.15, 0.2) is 0 Å². The summed E-state index contributed by atoms with van der Waals surface area (Å²) < 4.78 is 15.0. The molecule has 0 aliphatic heterocycles. The van der Waals surface area contributed by atoms with Crippen molar-refractivity contribution >= 4 is 11.6 Å². The topological polar surface area (TPSA) is 55.9 Å². The van der Waals surface area contributed by atoms with Gasteiger partial charge in [-0.3, -0.25) is 16.0 Å². The first-order valence-electron chi connectivity index (χ1n) is 5.49. The van der Waals surface area contributed by atoms with Crippen LogP contribution in [0.5, 0.6) is 0 Å². The summed E-state index contributed by atoms with van der Waals surface area (Å²) in [7, 11) is 1.83. The number of aryl methyl sites for hydroxylation is 1. The van der Waals surface area contributed by atoms with Gasteiger partial charge in [-0.15, -0.1) is 0 Å².